The van der Waals surface area contributed by atoms with Gasteiger partial charge in [0.1, 0.15) is 0 Å². The molecule has 1 nitrogen and oxygen atoms in total. The molecule has 0 saturated heterocycles. The maximum Gasteiger partial charge on any atom is 0.0900 e. The average molecular weight is 201 g/mol. The highest BCUT2D eigenvalue weighted by atomic mass is 32.1. The van der Waals surface area contributed by atoms with Crippen LogP contribution in [0.15, 0.2) is 0 Å². The molecule has 0 amide bonds. The van der Waals surface area contributed by atoms with Gasteiger partial charge in [0.25, 0.3) is 0 Å². The van der Waals surface area contributed by atoms with Crippen molar-refractivity contribution in [1.29, 1.82) is 0 Å². The fraction of sp³-hybridized carbons (Fsp3) is 0.667. The molecule has 0 radical (unpaired) electrons. The Morgan fingerprint density at radius 3 is 2.33 bits per heavy atom. The molecule has 0 atom stereocenters. The first-order valence-electron chi connectivity index (χ1n) is 4.03. The zero-order chi connectivity index (χ0) is 9.35. The molecule has 0 N–H and O–H groups in total. The Labute approximate surface area is 83.6 Å². The van der Waals surface area contributed by atoms with E-state index in [2.05, 4.69) is 38.4 Å². The van der Waals surface area contributed by atoms with Gasteiger partial charge in [-0.1, -0.05) is 20.8 Å². The summed E-state index contributed by atoms with van der Waals surface area (Å²) in [5.74, 6) is 0.804. The third-order valence-electron chi connectivity index (χ3n) is 1.66. The van der Waals surface area contributed by atoms with Crippen LogP contribution in [0.1, 0.15) is 36.3 Å². The van der Waals surface area contributed by atoms with Gasteiger partial charge >= 0.3 is 0 Å². The molecular formula is C9H15NS2. The summed E-state index contributed by atoms with van der Waals surface area (Å²) in [4.78, 5) is 5.83. The number of hydrogen-bond acceptors (Lipinski definition) is 3. The van der Waals surface area contributed by atoms with Crippen molar-refractivity contribution >= 4 is 24.0 Å². The summed E-state index contributed by atoms with van der Waals surface area (Å²) in [6, 6.07) is 0. The molecule has 0 fully saturated rings. The van der Waals surface area contributed by atoms with E-state index in [-0.39, 0.29) is 5.41 Å². The quantitative estimate of drug-likeness (QED) is 0.689. The van der Waals surface area contributed by atoms with Gasteiger partial charge in [0.15, 0.2) is 0 Å². The standard InChI is InChI=1S/C9H15NS2/c1-6-10-8(9(2,3)4)7(5-11)12-6/h11H,5H2,1-4H3. The number of rotatable bonds is 1. The molecule has 0 spiro atoms. The van der Waals surface area contributed by atoms with Gasteiger partial charge in [-0.05, 0) is 6.92 Å². The first kappa shape index (κ1) is 10.1. The van der Waals surface area contributed by atoms with E-state index in [9.17, 15) is 0 Å². The van der Waals surface area contributed by atoms with Crippen molar-refractivity contribution < 1.29 is 0 Å². The number of hydrogen-bond donors (Lipinski definition) is 1. The largest absolute Gasteiger partial charge is 0.246 e. The maximum absolute atomic E-state index is 4.52. The summed E-state index contributed by atoms with van der Waals surface area (Å²) in [6.07, 6.45) is 0. The third kappa shape index (κ3) is 2.02. The molecule has 12 heavy (non-hydrogen) atoms. The molecule has 1 heterocycles. The molecule has 1 aromatic heterocycles. The van der Waals surface area contributed by atoms with Crippen molar-refractivity contribution in [2.45, 2.75) is 38.9 Å². The zero-order valence-electron chi connectivity index (χ0n) is 8.01. The Morgan fingerprint density at radius 2 is 2.00 bits per heavy atom. The van der Waals surface area contributed by atoms with Crippen molar-refractivity contribution in [2.24, 2.45) is 0 Å². The first-order chi connectivity index (χ1) is 5.45. The minimum Gasteiger partial charge on any atom is -0.246 e. The summed E-state index contributed by atoms with van der Waals surface area (Å²) < 4.78 is 0. The lowest BCUT2D eigenvalue weighted by atomic mass is 9.91. The fourth-order valence-electron chi connectivity index (χ4n) is 1.16. The lowest BCUT2D eigenvalue weighted by molar-refractivity contribution is 0.568. The van der Waals surface area contributed by atoms with Gasteiger partial charge in [0.05, 0.1) is 10.7 Å². The van der Waals surface area contributed by atoms with E-state index in [1.165, 1.54) is 10.6 Å². The van der Waals surface area contributed by atoms with Gasteiger partial charge in [-0.15, -0.1) is 11.3 Å². The van der Waals surface area contributed by atoms with Crippen molar-refractivity contribution in [3.63, 3.8) is 0 Å². The van der Waals surface area contributed by atoms with Gasteiger partial charge in [0, 0.05) is 16.0 Å². The summed E-state index contributed by atoms with van der Waals surface area (Å²) in [6.45, 7) is 8.62. The molecule has 0 aliphatic rings. The van der Waals surface area contributed by atoms with Crippen molar-refractivity contribution in [3.8, 4) is 0 Å². The van der Waals surface area contributed by atoms with Gasteiger partial charge in [-0.3, -0.25) is 0 Å². The SMILES string of the molecule is Cc1nc(C(C)(C)C)c(CS)s1. The third-order valence-corrected chi connectivity index (χ3v) is 3.16. The van der Waals surface area contributed by atoms with E-state index in [1.807, 2.05) is 6.92 Å². The topological polar surface area (TPSA) is 12.9 Å². The Hall–Kier alpha value is -0.0200. The predicted octanol–water partition coefficient (Wildman–Crippen LogP) is 3.18. The van der Waals surface area contributed by atoms with Crippen LogP contribution in [-0.2, 0) is 11.2 Å². The molecule has 3 heteroatoms. The van der Waals surface area contributed by atoms with E-state index in [1.54, 1.807) is 11.3 Å². The van der Waals surface area contributed by atoms with Crippen LogP contribution in [0.25, 0.3) is 0 Å². The van der Waals surface area contributed by atoms with Crippen molar-refractivity contribution in [1.82, 2.24) is 4.98 Å². The number of aromatic nitrogens is 1. The van der Waals surface area contributed by atoms with E-state index in [0.717, 1.165) is 10.8 Å². The van der Waals surface area contributed by atoms with Gasteiger partial charge in [-0.2, -0.15) is 12.6 Å². The van der Waals surface area contributed by atoms with Crippen LogP contribution >= 0.6 is 24.0 Å². The Morgan fingerprint density at radius 1 is 1.42 bits per heavy atom. The summed E-state index contributed by atoms with van der Waals surface area (Å²) in [5.41, 5.74) is 1.36. The van der Waals surface area contributed by atoms with Crippen LogP contribution in [0, 0.1) is 6.92 Å². The Balaban J connectivity index is 3.13. The molecule has 0 bridgehead atoms. The molecular weight excluding hydrogens is 186 g/mol. The number of aryl methyl sites for hydroxylation is 1. The normalized spacial score (nSPS) is 12.1. The van der Waals surface area contributed by atoms with Crippen LogP contribution < -0.4 is 0 Å². The molecule has 68 valence electrons. The highest BCUT2D eigenvalue weighted by Gasteiger charge is 2.21. The van der Waals surface area contributed by atoms with Gasteiger partial charge in [0.2, 0.25) is 0 Å². The molecule has 0 aromatic carbocycles. The Bertz CT molecular complexity index is 271. The zero-order valence-corrected chi connectivity index (χ0v) is 9.72. The molecule has 1 rings (SSSR count). The van der Waals surface area contributed by atoms with Crippen LogP contribution in [0.3, 0.4) is 0 Å². The first-order valence-corrected chi connectivity index (χ1v) is 5.47. The van der Waals surface area contributed by atoms with Gasteiger partial charge in [-0.25, -0.2) is 4.98 Å². The van der Waals surface area contributed by atoms with Crippen LogP contribution in [0.4, 0.5) is 0 Å². The lowest BCUT2D eigenvalue weighted by Gasteiger charge is -2.16. The highest BCUT2D eigenvalue weighted by Crippen LogP contribution is 2.30. The number of thiol groups is 1. The van der Waals surface area contributed by atoms with E-state index < -0.39 is 0 Å². The fourth-order valence-corrected chi connectivity index (χ4v) is 2.51. The lowest BCUT2D eigenvalue weighted by Crippen LogP contribution is -2.13. The van der Waals surface area contributed by atoms with E-state index >= 15 is 0 Å². The highest BCUT2D eigenvalue weighted by molar-refractivity contribution is 7.79. The molecule has 1 aromatic rings. The summed E-state index contributed by atoms with van der Waals surface area (Å²) >= 11 is 6.05. The smallest absolute Gasteiger partial charge is 0.0900 e. The maximum atomic E-state index is 4.52. The number of thiazole rings is 1. The Kier molecular flexibility index (Phi) is 2.84. The second kappa shape index (κ2) is 3.38. The van der Waals surface area contributed by atoms with E-state index in [0.29, 0.717) is 0 Å². The van der Waals surface area contributed by atoms with Crippen LogP contribution in [0.5, 0.6) is 0 Å². The predicted molar refractivity (Wildman–Crippen MR) is 58.2 cm³/mol. The van der Waals surface area contributed by atoms with Crippen LogP contribution in [0.2, 0.25) is 0 Å². The summed E-state index contributed by atoms with van der Waals surface area (Å²) in [5, 5.41) is 1.14. The van der Waals surface area contributed by atoms with Crippen LogP contribution in [-0.4, -0.2) is 4.98 Å². The van der Waals surface area contributed by atoms with E-state index in [4.69, 9.17) is 0 Å². The van der Waals surface area contributed by atoms with Crippen molar-refractivity contribution in [2.75, 3.05) is 0 Å². The minimum absolute atomic E-state index is 0.156. The number of nitrogens with zero attached hydrogens (tertiary/aromatic N) is 1. The monoisotopic (exact) mass is 201 g/mol. The average Bonchev–Trinajstić information content (AvgIpc) is 2.29. The van der Waals surface area contributed by atoms with Gasteiger partial charge < -0.3 is 0 Å². The van der Waals surface area contributed by atoms with Crippen molar-refractivity contribution in [3.05, 3.63) is 15.6 Å². The summed E-state index contributed by atoms with van der Waals surface area (Å²) in [7, 11) is 0. The molecule has 0 aliphatic heterocycles. The minimum atomic E-state index is 0.156. The second-order valence-electron chi connectivity index (χ2n) is 3.91. The second-order valence-corrected chi connectivity index (χ2v) is 5.52. The molecule has 0 aliphatic carbocycles. The molecule has 0 saturated carbocycles. The molecule has 0 unspecified atom stereocenters.